The van der Waals surface area contributed by atoms with Gasteiger partial charge in [0.25, 0.3) is 0 Å². The Kier molecular flexibility index (Phi) is 44.0. The van der Waals surface area contributed by atoms with Gasteiger partial charge < -0.3 is 14.2 Å². The van der Waals surface area contributed by atoms with Crippen molar-refractivity contribution in [2.24, 2.45) is 0 Å². The summed E-state index contributed by atoms with van der Waals surface area (Å²) in [6.07, 6.45) is 57.4. The number of carbonyl (C=O) groups excluding carboxylic acids is 3. The van der Waals surface area contributed by atoms with E-state index in [9.17, 15) is 14.4 Å². The van der Waals surface area contributed by atoms with Crippen molar-refractivity contribution >= 4 is 17.9 Å². The molecule has 0 aliphatic carbocycles. The number of carbonyl (C=O) groups is 3. The molecule has 0 heterocycles. The van der Waals surface area contributed by atoms with E-state index in [4.69, 9.17) is 14.2 Å². The minimum absolute atomic E-state index is 0.0896. The van der Waals surface area contributed by atoms with E-state index in [0.29, 0.717) is 19.3 Å². The van der Waals surface area contributed by atoms with Crippen molar-refractivity contribution in [2.75, 3.05) is 13.2 Å². The lowest BCUT2D eigenvalue weighted by Gasteiger charge is -2.18. The van der Waals surface area contributed by atoms with Crippen LogP contribution in [0.1, 0.15) is 220 Å². The van der Waals surface area contributed by atoms with Crippen LogP contribution in [0.15, 0.2) is 72.9 Å². The normalized spacial score (nSPS) is 12.7. The molecule has 0 aromatic heterocycles. The molecule has 0 amide bonds. The fourth-order valence-corrected chi connectivity index (χ4v) is 6.32. The third-order valence-electron chi connectivity index (χ3n) is 9.88. The molecule has 0 rings (SSSR count). The van der Waals surface area contributed by atoms with E-state index >= 15 is 0 Å². The maximum absolute atomic E-state index is 12.7. The monoisotopic (exact) mass is 809 g/mol. The first kappa shape index (κ1) is 54.9. The predicted octanol–water partition coefficient (Wildman–Crippen LogP) is 15.5. The minimum atomic E-state index is -0.788. The SMILES string of the molecule is CC/C=C\C/C=C\C/C=C\CCCCCCCCCC(=O)OCC(COC(=O)CCCCCCC/C=C\CCC)OC(=O)CCCCCCC/C=C\C/C=C\CCC. The zero-order valence-corrected chi connectivity index (χ0v) is 37.8. The topological polar surface area (TPSA) is 78.9 Å². The average Bonchev–Trinajstić information content (AvgIpc) is 3.22. The molecule has 0 saturated carbocycles. The summed E-state index contributed by atoms with van der Waals surface area (Å²) in [5, 5.41) is 0. The van der Waals surface area contributed by atoms with Crippen LogP contribution >= 0.6 is 0 Å². The Balaban J connectivity index is 4.39. The van der Waals surface area contributed by atoms with E-state index in [1.54, 1.807) is 0 Å². The van der Waals surface area contributed by atoms with Crippen LogP contribution in [0.5, 0.6) is 0 Å². The molecule has 0 bridgehead atoms. The van der Waals surface area contributed by atoms with Crippen molar-refractivity contribution < 1.29 is 28.6 Å². The predicted molar refractivity (Wildman–Crippen MR) is 247 cm³/mol. The van der Waals surface area contributed by atoms with Gasteiger partial charge in [0, 0.05) is 19.3 Å². The molecular weight excluding hydrogens is 721 g/mol. The Morgan fingerprint density at radius 1 is 0.362 bits per heavy atom. The molecule has 0 fully saturated rings. The molecule has 0 aliphatic heterocycles. The molecule has 6 heteroatoms. The fraction of sp³-hybridized carbons (Fsp3) is 0.712. The standard InChI is InChI=1S/C52H88O6/c1-4-7-10-13-16-19-22-24-25-26-27-29-30-33-36-39-42-45-51(54)57-48-49(47-56-50(53)44-41-38-35-32-21-18-15-12-9-6-3)58-52(55)46-43-40-37-34-31-28-23-20-17-14-11-8-5-2/h7,10-12,14-16,19-20,23-25,49H,4-6,8-9,13,17-18,21-22,26-48H2,1-3H3/b10-7-,14-11-,15-12-,19-16-,23-20-,25-24-. The van der Waals surface area contributed by atoms with Gasteiger partial charge in [-0.1, -0.05) is 177 Å². The molecular formula is C52H88O6. The molecule has 1 unspecified atom stereocenters. The van der Waals surface area contributed by atoms with Crippen molar-refractivity contribution in [3.63, 3.8) is 0 Å². The Morgan fingerprint density at radius 3 is 1.09 bits per heavy atom. The smallest absolute Gasteiger partial charge is 0.306 e. The largest absolute Gasteiger partial charge is 0.462 e. The van der Waals surface area contributed by atoms with Gasteiger partial charge in [0.2, 0.25) is 0 Å². The van der Waals surface area contributed by atoms with E-state index < -0.39 is 6.10 Å². The van der Waals surface area contributed by atoms with E-state index in [1.165, 1.54) is 44.9 Å². The highest BCUT2D eigenvalue weighted by Crippen LogP contribution is 2.13. The van der Waals surface area contributed by atoms with Crippen LogP contribution < -0.4 is 0 Å². The van der Waals surface area contributed by atoms with Crippen LogP contribution in [0.25, 0.3) is 0 Å². The molecule has 0 N–H and O–H groups in total. The van der Waals surface area contributed by atoms with E-state index in [0.717, 1.165) is 135 Å². The third-order valence-corrected chi connectivity index (χ3v) is 9.88. The second-order valence-electron chi connectivity index (χ2n) is 15.6. The highest BCUT2D eigenvalue weighted by atomic mass is 16.6. The molecule has 1 atom stereocenters. The Bertz CT molecular complexity index is 1110. The number of ether oxygens (including phenoxy) is 3. The summed E-state index contributed by atoms with van der Waals surface area (Å²) in [5.41, 5.74) is 0. The summed E-state index contributed by atoms with van der Waals surface area (Å²) in [5.74, 6) is -0.928. The van der Waals surface area contributed by atoms with Crippen molar-refractivity contribution in [2.45, 2.75) is 226 Å². The van der Waals surface area contributed by atoms with Crippen LogP contribution in [-0.2, 0) is 28.6 Å². The fourth-order valence-electron chi connectivity index (χ4n) is 6.32. The highest BCUT2D eigenvalue weighted by Gasteiger charge is 2.19. The Labute approximate surface area is 357 Å². The van der Waals surface area contributed by atoms with Gasteiger partial charge in [0.05, 0.1) is 0 Å². The Morgan fingerprint density at radius 2 is 0.672 bits per heavy atom. The second-order valence-corrected chi connectivity index (χ2v) is 15.6. The van der Waals surface area contributed by atoms with Gasteiger partial charge in [-0.05, 0) is 96.3 Å². The van der Waals surface area contributed by atoms with Crippen LogP contribution in [0.4, 0.5) is 0 Å². The summed E-state index contributed by atoms with van der Waals surface area (Å²) in [4.78, 5) is 37.8. The van der Waals surface area contributed by atoms with Crippen LogP contribution in [0.2, 0.25) is 0 Å². The quantitative estimate of drug-likeness (QED) is 0.0264. The molecule has 0 radical (unpaired) electrons. The first-order chi connectivity index (χ1) is 28.5. The number of hydrogen-bond acceptors (Lipinski definition) is 6. The minimum Gasteiger partial charge on any atom is -0.462 e. The maximum Gasteiger partial charge on any atom is 0.306 e. The summed E-state index contributed by atoms with van der Waals surface area (Å²) in [7, 11) is 0. The molecule has 0 saturated heterocycles. The highest BCUT2D eigenvalue weighted by molar-refractivity contribution is 5.71. The van der Waals surface area contributed by atoms with Gasteiger partial charge in [0.1, 0.15) is 13.2 Å². The first-order valence-corrected chi connectivity index (χ1v) is 23.9. The number of esters is 3. The molecule has 0 spiro atoms. The van der Waals surface area contributed by atoms with Crippen molar-refractivity contribution in [1.82, 2.24) is 0 Å². The molecule has 58 heavy (non-hydrogen) atoms. The summed E-state index contributed by atoms with van der Waals surface area (Å²) in [6.45, 7) is 6.36. The van der Waals surface area contributed by atoms with Crippen molar-refractivity contribution in [3.05, 3.63) is 72.9 Å². The molecule has 0 aromatic carbocycles. The Hall–Kier alpha value is -3.15. The summed E-state index contributed by atoms with van der Waals surface area (Å²) in [6, 6.07) is 0. The lowest BCUT2D eigenvalue weighted by atomic mass is 10.1. The number of allylic oxidation sites excluding steroid dienone is 12. The summed E-state index contributed by atoms with van der Waals surface area (Å²) >= 11 is 0. The van der Waals surface area contributed by atoms with Crippen LogP contribution in [0.3, 0.4) is 0 Å². The first-order valence-electron chi connectivity index (χ1n) is 23.9. The second kappa shape index (κ2) is 46.5. The van der Waals surface area contributed by atoms with Gasteiger partial charge in [-0.3, -0.25) is 14.4 Å². The maximum atomic E-state index is 12.7. The van der Waals surface area contributed by atoms with Gasteiger partial charge >= 0.3 is 17.9 Å². The van der Waals surface area contributed by atoms with Gasteiger partial charge in [-0.25, -0.2) is 0 Å². The number of unbranched alkanes of at least 4 members (excludes halogenated alkanes) is 19. The van der Waals surface area contributed by atoms with Crippen molar-refractivity contribution in [1.29, 1.82) is 0 Å². The van der Waals surface area contributed by atoms with E-state index in [1.807, 2.05) is 0 Å². The summed E-state index contributed by atoms with van der Waals surface area (Å²) < 4.78 is 16.7. The molecule has 0 aromatic rings. The number of rotatable bonds is 42. The van der Waals surface area contributed by atoms with Crippen molar-refractivity contribution in [3.8, 4) is 0 Å². The zero-order valence-electron chi connectivity index (χ0n) is 37.8. The lowest BCUT2D eigenvalue weighted by Crippen LogP contribution is -2.30. The zero-order chi connectivity index (χ0) is 42.3. The van der Waals surface area contributed by atoms with E-state index in [2.05, 4.69) is 93.7 Å². The van der Waals surface area contributed by atoms with Crippen LogP contribution in [-0.4, -0.2) is 37.2 Å². The van der Waals surface area contributed by atoms with Gasteiger partial charge in [-0.2, -0.15) is 0 Å². The molecule has 6 nitrogen and oxygen atoms in total. The van der Waals surface area contributed by atoms with Gasteiger partial charge in [-0.15, -0.1) is 0 Å². The average molecular weight is 809 g/mol. The lowest BCUT2D eigenvalue weighted by molar-refractivity contribution is -0.167. The third kappa shape index (κ3) is 44.0. The van der Waals surface area contributed by atoms with Crippen LogP contribution in [0, 0.1) is 0 Å². The number of hydrogen-bond donors (Lipinski definition) is 0. The van der Waals surface area contributed by atoms with E-state index in [-0.39, 0.29) is 31.1 Å². The molecule has 0 aliphatic rings. The van der Waals surface area contributed by atoms with Gasteiger partial charge in [0.15, 0.2) is 6.10 Å². The molecule has 332 valence electrons.